The first-order valence-electron chi connectivity index (χ1n) is 6.98. The van der Waals surface area contributed by atoms with Crippen molar-refractivity contribution in [2.75, 3.05) is 7.11 Å². The molecule has 2 rings (SSSR count). The van der Waals surface area contributed by atoms with Gasteiger partial charge in [0.1, 0.15) is 11.6 Å². The van der Waals surface area contributed by atoms with Crippen molar-refractivity contribution in [3.8, 4) is 17.6 Å². The molecule has 0 radical (unpaired) electrons. The summed E-state index contributed by atoms with van der Waals surface area (Å²) in [6, 6.07) is 11.2. The molecule has 0 amide bonds. The van der Waals surface area contributed by atoms with Crippen LogP contribution in [0.25, 0.3) is 0 Å². The maximum Gasteiger partial charge on any atom is 0.130 e. The van der Waals surface area contributed by atoms with Crippen molar-refractivity contribution >= 4 is 0 Å². The molecule has 2 heteroatoms. The topological polar surface area (TPSA) is 9.23 Å². The van der Waals surface area contributed by atoms with Gasteiger partial charge in [0, 0.05) is 16.7 Å². The lowest BCUT2D eigenvalue weighted by molar-refractivity contribution is 0.415. The summed E-state index contributed by atoms with van der Waals surface area (Å²) in [5.41, 5.74) is 2.99. The Kier molecular flexibility index (Phi) is 4.65. The zero-order valence-electron chi connectivity index (χ0n) is 12.8. The van der Waals surface area contributed by atoms with Gasteiger partial charge in [-0.2, -0.15) is 0 Å². The van der Waals surface area contributed by atoms with E-state index in [4.69, 9.17) is 4.74 Å². The van der Waals surface area contributed by atoms with E-state index in [1.807, 2.05) is 44.2 Å². The van der Waals surface area contributed by atoms with Crippen LogP contribution in [0.1, 0.15) is 42.0 Å². The Balaban J connectivity index is 2.40. The van der Waals surface area contributed by atoms with Crippen LogP contribution >= 0.6 is 0 Å². The average molecular weight is 282 g/mol. The molecule has 108 valence electrons. The van der Waals surface area contributed by atoms with Crippen LogP contribution in [-0.4, -0.2) is 7.11 Å². The smallest absolute Gasteiger partial charge is 0.130 e. The molecule has 0 unspecified atom stereocenters. The Hall–Kier alpha value is -2.27. The van der Waals surface area contributed by atoms with Gasteiger partial charge in [-0.15, -0.1) is 0 Å². The molecule has 1 nitrogen and oxygen atoms in total. The Morgan fingerprint density at radius 3 is 2.24 bits per heavy atom. The Bertz CT molecular complexity index is 688. The molecule has 0 N–H and O–H groups in total. The highest BCUT2D eigenvalue weighted by molar-refractivity contribution is 5.49. The van der Waals surface area contributed by atoms with Gasteiger partial charge in [-0.25, -0.2) is 4.39 Å². The summed E-state index contributed by atoms with van der Waals surface area (Å²) in [7, 11) is 1.63. The highest BCUT2D eigenvalue weighted by Gasteiger charge is 2.13. The molecule has 0 saturated carbocycles. The van der Waals surface area contributed by atoms with Crippen LogP contribution in [0.4, 0.5) is 4.39 Å². The second-order valence-corrected chi connectivity index (χ2v) is 5.29. The van der Waals surface area contributed by atoms with Crippen LogP contribution in [0.3, 0.4) is 0 Å². The second kappa shape index (κ2) is 6.45. The molecule has 2 aromatic carbocycles. The fourth-order valence-corrected chi connectivity index (χ4v) is 2.19. The van der Waals surface area contributed by atoms with Gasteiger partial charge >= 0.3 is 0 Å². The molecule has 0 aliphatic carbocycles. The summed E-state index contributed by atoms with van der Waals surface area (Å²) in [6.45, 7) is 5.74. The molecule has 21 heavy (non-hydrogen) atoms. The van der Waals surface area contributed by atoms with E-state index in [-0.39, 0.29) is 11.7 Å². The molecule has 0 heterocycles. The van der Waals surface area contributed by atoms with Crippen LogP contribution < -0.4 is 4.74 Å². The average Bonchev–Trinajstić information content (AvgIpc) is 2.48. The quantitative estimate of drug-likeness (QED) is 0.728. The number of rotatable bonds is 2. The molecule has 0 aliphatic rings. The molecule has 0 spiro atoms. The van der Waals surface area contributed by atoms with Gasteiger partial charge in [-0.1, -0.05) is 31.8 Å². The van der Waals surface area contributed by atoms with Gasteiger partial charge in [0.05, 0.1) is 7.11 Å². The van der Waals surface area contributed by atoms with Gasteiger partial charge < -0.3 is 4.74 Å². The summed E-state index contributed by atoms with van der Waals surface area (Å²) in [5.74, 6) is 6.92. The van der Waals surface area contributed by atoms with Gasteiger partial charge in [-0.3, -0.25) is 0 Å². The summed E-state index contributed by atoms with van der Waals surface area (Å²) >= 11 is 0. The summed E-state index contributed by atoms with van der Waals surface area (Å²) < 4.78 is 19.4. The van der Waals surface area contributed by atoms with E-state index in [2.05, 4.69) is 11.8 Å². The van der Waals surface area contributed by atoms with Crippen molar-refractivity contribution in [2.24, 2.45) is 0 Å². The zero-order valence-corrected chi connectivity index (χ0v) is 12.8. The van der Waals surface area contributed by atoms with Crippen LogP contribution in [0.2, 0.25) is 0 Å². The number of hydrogen-bond donors (Lipinski definition) is 0. The molecule has 2 aromatic rings. The number of methoxy groups -OCH3 is 1. The zero-order chi connectivity index (χ0) is 15.4. The van der Waals surface area contributed by atoms with E-state index in [1.54, 1.807) is 20.1 Å². The van der Waals surface area contributed by atoms with E-state index >= 15 is 0 Å². The maximum absolute atomic E-state index is 14.3. The van der Waals surface area contributed by atoms with Crippen LogP contribution in [-0.2, 0) is 0 Å². The van der Waals surface area contributed by atoms with Crippen LogP contribution in [0.5, 0.6) is 5.75 Å². The number of halogens is 1. The van der Waals surface area contributed by atoms with Crippen LogP contribution in [0, 0.1) is 24.6 Å². The lowest BCUT2D eigenvalue weighted by atomic mass is 9.94. The van der Waals surface area contributed by atoms with Crippen molar-refractivity contribution in [1.29, 1.82) is 0 Å². The predicted molar refractivity (Wildman–Crippen MR) is 84.2 cm³/mol. The number of aryl methyl sites for hydroxylation is 1. The third-order valence-electron chi connectivity index (χ3n) is 3.38. The van der Waals surface area contributed by atoms with Crippen molar-refractivity contribution in [3.05, 3.63) is 64.5 Å². The largest absolute Gasteiger partial charge is 0.497 e. The monoisotopic (exact) mass is 282 g/mol. The highest BCUT2D eigenvalue weighted by atomic mass is 19.1. The van der Waals surface area contributed by atoms with E-state index in [9.17, 15) is 4.39 Å². The molecule has 0 fully saturated rings. The third kappa shape index (κ3) is 3.44. The first-order chi connectivity index (χ1) is 10.0. The van der Waals surface area contributed by atoms with Crippen LogP contribution in [0.15, 0.2) is 36.4 Å². The van der Waals surface area contributed by atoms with Crippen molar-refractivity contribution in [1.82, 2.24) is 0 Å². The van der Waals surface area contributed by atoms with Gasteiger partial charge in [0.25, 0.3) is 0 Å². The van der Waals surface area contributed by atoms with E-state index in [1.165, 1.54) is 0 Å². The van der Waals surface area contributed by atoms with Gasteiger partial charge in [0.2, 0.25) is 0 Å². The van der Waals surface area contributed by atoms with E-state index in [0.29, 0.717) is 11.1 Å². The maximum atomic E-state index is 14.3. The molecular formula is C19H19FO. The first-order valence-corrected chi connectivity index (χ1v) is 6.98. The Morgan fingerprint density at radius 1 is 1.00 bits per heavy atom. The molecule has 0 aliphatic heterocycles. The molecule has 0 bridgehead atoms. The second-order valence-electron chi connectivity index (χ2n) is 5.29. The summed E-state index contributed by atoms with van der Waals surface area (Å²) in [5, 5.41) is 0. The lowest BCUT2D eigenvalue weighted by Gasteiger charge is -2.11. The molecule has 0 saturated heterocycles. The fraction of sp³-hybridized carbons (Fsp3) is 0.263. The standard InChI is InChI=1S/C19H19FO/c1-13(2)18-16(9-5-14(3)19(18)20)10-6-15-7-11-17(21-4)12-8-15/h5,7-9,11-13H,1-4H3. The minimum absolute atomic E-state index is 0.102. The number of benzene rings is 2. The molecular weight excluding hydrogens is 263 g/mol. The lowest BCUT2D eigenvalue weighted by Crippen LogP contribution is -2.00. The Labute approximate surface area is 125 Å². The summed E-state index contributed by atoms with van der Waals surface area (Å²) in [4.78, 5) is 0. The normalized spacial score (nSPS) is 10.2. The summed E-state index contributed by atoms with van der Waals surface area (Å²) in [6.07, 6.45) is 0. The van der Waals surface area contributed by atoms with Crippen molar-refractivity contribution in [3.63, 3.8) is 0 Å². The SMILES string of the molecule is COc1ccc(C#Cc2ccc(C)c(F)c2C(C)C)cc1. The first kappa shape index (κ1) is 15.1. The van der Waals surface area contributed by atoms with Gasteiger partial charge in [0.15, 0.2) is 0 Å². The molecule has 0 atom stereocenters. The number of hydrogen-bond acceptors (Lipinski definition) is 1. The van der Waals surface area contributed by atoms with Gasteiger partial charge in [-0.05, 0) is 48.7 Å². The number of ether oxygens (including phenoxy) is 1. The fourth-order valence-electron chi connectivity index (χ4n) is 2.19. The predicted octanol–water partition coefficient (Wildman–Crippen LogP) is 4.67. The van der Waals surface area contributed by atoms with Crippen molar-refractivity contribution in [2.45, 2.75) is 26.7 Å². The minimum atomic E-state index is -0.147. The minimum Gasteiger partial charge on any atom is -0.497 e. The van der Waals surface area contributed by atoms with E-state index < -0.39 is 0 Å². The third-order valence-corrected chi connectivity index (χ3v) is 3.38. The van der Waals surface area contributed by atoms with Crippen molar-refractivity contribution < 1.29 is 9.13 Å². The Morgan fingerprint density at radius 2 is 1.67 bits per heavy atom. The van der Waals surface area contributed by atoms with E-state index in [0.717, 1.165) is 16.9 Å². The highest BCUT2D eigenvalue weighted by Crippen LogP contribution is 2.24. The molecule has 0 aromatic heterocycles.